The van der Waals surface area contributed by atoms with E-state index < -0.39 is 18.3 Å². The summed E-state index contributed by atoms with van der Waals surface area (Å²) in [6.45, 7) is 9.90. The highest BCUT2D eigenvalue weighted by atomic mass is 16.7. The molecular weight excluding hydrogens is 632 g/mol. The molecule has 3 aliphatic rings. The molecule has 0 unspecified atom stereocenters. The van der Waals surface area contributed by atoms with Gasteiger partial charge in [0.25, 0.3) is 0 Å². The Balaban J connectivity index is 1.17. The van der Waals surface area contributed by atoms with Crippen LogP contribution in [0.2, 0.25) is 0 Å². The van der Waals surface area contributed by atoms with E-state index in [9.17, 15) is 14.7 Å². The van der Waals surface area contributed by atoms with Crippen LogP contribution in [0.15, 0.2) is 72.8 Å². The highest BCUT2D eigenvalue weighted by molar-refractivity contribution is 5.81. The first kappa shape index (κ1) is 36.0. The number of likely N-dealkylation sites (tertiary alicyclic amines) is 2. The molecule has 3 N–H and O–H groups in total. The van der Waals surface area contributed by atoms with Crippen LogP contribution in [0.5, 0.6) is 0 Å². The van der Waals surface area contributed by atoms with E-state index in [-0.39, 0.29) is 37.9 Å². The van der Waals surface area contributed by atoms with Crippen LogP contribution in [0.1, 0.15) is 74.2 Å². The van der Waals surface area contributed by atoms with Crippen molar-refractivity contribution in [2.24, 2.45) is 5.92 Å². The molecule has 268 valence electrons. The van der Waals surface area contributed by atoms with Crippen molar-refractivity contribution in [3.63, 3.8) is 0 Å². The van der Waals surface area contributed by atoms with Crippen LogP contribution < -0.4 is 10.6 Å². The Kier molecular flexibility index (Phi) is 12.5. The standard InChI is InChI=1S/C40H52N4O6/c1-3-48-37(46)24-42-40(47)41-23-33-9-4-5-11-35(33)30-16-18-32(19-17-30)39-49-36(26-44-22-8-10-34(44)25-43-20-6-7-21-43)28(2)38(50-39)31-14-12-29(27-45)13-15-31/h4-5,9,11-19,28,34,36,38-39,45H,3,6-8,10,20-27H2,1-2H3,(H2,41,42,47)/t28-,34-,36+,38+,39+/m0/s1. The fourth-order valence-electron chi connectivity index (χ4n) is 7.54. The number of hydrogen-bond acceptors (Lipinski definition) is 8. The van der Waals surface area contributed by atoms with Gasteiger partial charge in [-0.15, -0.1) is 0 Å². The molecule has 3 saturated heterocycles. The number of nitrogens with zero attached hydrogens (tertiary/aromatic N) is 2. The number of aliphatic hydroxyl groups excluding tert-OH is 1. The quantitative estimate of drug-likeness (QED) is 0.201. The lowest BCUT2D eigenvalue weighted by atomic mass is 9.89. The maximum atomic E-state index is 12.3. The van der Waals surface area contributed by atoms with Crippen LogP contribution in [0, 0.1) is 5.92 Å². The number of nitrogens with one attached hydrogen (secondary N) is 2. The van der Waals surface area contributed by atoms with Gasteiger partial charge in [-0.3, -0.25) is 9.69 Å². The predicted octanol–water partition coefficient (Wildman–Crippen LogP) is 5.56. The Hall–Kier alpha value is -3.80. The summed E-state index contributed by atoms with van der Waals surface area (Å²) < 4.78 is 18.5. The third-order valence-electron chi connectivity index (χ3n) is 10.4. The number of rotatable bonds is 13. The molecule has 3 aromatic rings. The summed E-state index contributed by atoms with van der Waals surface area (Å²) in [5, 5.41) is 15.0. The molecule has 10 nitrogen and oxygen atoms in total. The number of aliphatic hydroxyl groups is 1. The molecule has 10 heteroatoms. The minimum atomic E-state index is -0.535. The lowest BCUT2D eigenvalue weighted by molar-refractivity contribution is -0.276. The Morgan fingerprint density at radius 1 is 0.880 bits per heavy atom. The van der Waals surface area contributed by atoms with E-state index >= 15 is 0 Å². The molecule has 2 amide bonds. The molecule has 3 heterocycles. The first-order valence-corrected chi connectivity index (χ1v) is 18.2. The van der Waals surface area contributed by atoms with Crippen molar-refractivity contribution in [3.05, 3.63) is 95.1 Å². The minimum absolute atomic E-state index is 0.0112. The largest absolute Gasteiger partial charge is 0.465 e. The maximum Gasteiger partial charge on any atom is 0.325 e. The van der Waals surface area contributed by atoms with Crippen LogP contribution in [0.4, 0.5) is 4.79 Å². The molecule has 0 radical (unpaired) electrons. The van der Waals surface area contributed by atoms with Crippen molar-refractivity contribution in [2.75, 3.05) is 45.9 Å². The molecule has 0 spiro atoms. The minimum Gasteiger partial charge on any atom is -0.465 e. The van der Waals surface area contributed by atoms with Crippen molar-refractivity contribution in [3.8, 4) is 11.1 Å². The second-order valence-corrected chi connectivity index (χ2v) is 13.7. The van der Waals surface area contributed by atoms with Gasteiger partial charge in [0.05, 0.1) is 25.4 Å². The second-order valence-electron chi connectivity index (χ2n) is 13.7. The Labute approximate surface area is 296 Å². The van der Waals surface area contributed by atoms with Crippen LogP contribution in [-0.2, 0) is 32.2 Å². The summed E-state index contributed by atoms with van der Waals surface area (Å²) >= 11 is 0. The van der Waals surface area contributed by atoms with Crippen molar-refractivity contribution in [1.29, 1.82) is 0 Å². The molecular formula is C40H52N4O6. The van der Waals surface area contributed by atoms with E-state index in [2.05, 4.69) is 63.8 Å². The molecule has 0 bridgehead atoms. The lowest BCUT2D eigenvalue weighted by Gasteiger charge is -2.43. The zero-order valence-corrected chi connectivity index (χ0v) is 29.4. The Morgan fingerprint density at radius 3 is 2.36 bits per heavy atom. The zero-order valence-electron chi connectivity index (χ0n) is 29.4. The average Bonchev–Trinajstić information content (AvgIpc) is 3.83. The van der Waals surface area contributed by atoms with Crippen molar-refractivity contribution < 1.29 is 28.9 Å². The number of hydrogen-bond donors (Lipinski definition) is 3. The van der Waals surface area contributed by atoms with Crippen LogP contribution >= 0.6 is 0 Å². The number of amides is 2. The fraction of sp³-hybridized carbons (Fsp3) is 0.500. The number of esters is 1. The fourth-order valence-corrected chi connectivity index (χ4v) is 7.54. The molecule has 50 heavy (non-hydrogen) atoms. The van der Waals surface area contributed by atoms with Crippen molar-refractivity contribution in [1.82, 2.24) is 20.4 Å². The summed E-state index contributed by atoms with van der Waals surface area (Å²) in [7, 11) is 0. The van der Waals surface area contributed by atoms with Crippen molar-refractivity contribution in [2.45, 2.75) is 77.2 Å². The Bertz CT molecular complexity index is 1540. The van der Waals surface area contributed by atoms with E-state index in [1.54, 1.807) is 6.92 Å². The lowest BCUT2D eigenvalue weighted by Crippen LogP contribution is -2.48. The van der Waals surface area contributed by atoms with E-state index in [1.165, 1.54) is 38.8 Å². The van der Waals surface area contributed by atoms with E-state index in [1.807, 2.05) is 36.4 Å². The number of carbonyl (C=O) groups excluding carboxylic acids is 2. The van der Waals surface area contributed by atoms with Gasteiger partial charge >= 0.3 is 12.0 Å². The second kappa shape index (κ2) is 17.4. The number of carbonyl (C=O) groups is 2. The third kappa shape index (κ3) is 9.10. The molecule has 6 rings (SSSR count). The van der Waals surface area contributed by atoms with Gasteiger partial charge in [0, 0.05) is 37.2 Å². The zero-order chi connectivity index (χ0) is 34.9. The first-order chi connectivity index (χ1) is 24.4. The van der Waals surface area contributed by atoms with E-state index in [4.69, 9.17) is 14.2 Å². The highest BCUT2D eigenvalue weighted by Crippen LogP contribution is 2.42. The SMILES string of the molecule is CCOC(=O)CNC(=O)NCc1ccccc1-c1ccc([C@@H]2O[C@H](CN3CCC[C@H]3CN3CCCC3)[C@H](C)[C@H](c3ccc(CO)cc3)O2)cc1. The maximum absolute atomic E-state index is 12.3. The normalized spacial score (nSPS) is 24.3. The summed E-state index contributed by atoms with van der Waals surface area (Å²) in [5.74, 6) is -0.342. The van der Waals surface area contributed by atoms with Gasteiger partial charge in [0.15, 0.2) is 6.29 Å². The third-order valence-corrected chi connectivity index (χ3v) is 10.4. The van der Waals surface area contributed by atoms with Crippen LogP contribution in [-0.4, -0.2) is 84.9 Å². The monoisotopic (exact) mass is 684 g/mol. The molecule has 5 atom stereocenters. The van der Waals surface area contributed by atoms with Gasteiger partial charge in [-0.1, -0.05) is 79.7 Å². The number of benzene rings is 3. The average molecular weight is 685 g/mol. The van der Waals surface area contributed by atoms with Gasteiger partial charge in [0.1, 0.15) is 6.54 Å². The van der Waals surface area contributed by atoms with Crippen molar-refractivity contribution >= 4 is 12.0 Å². The highest BCUT2D eigenvalue weighted by Gasteiger charge is 2.41. The molecule has 3 aliphatic heterocycles. The summed E-state index contributed by atoms with van der Waals surface area (Å²) in [5.41, 5.74) is 5.88. The smallest absolute Gasteiger partial charge is 0.325 e. The molecule has 0 aliphatic carbocycles. The molecule has 0 saturated carbocycles. The molecule has 0 aromatic heterocycles. The van der Waals surface area contributed by atoms with Gasteiger partial charge in [0.2, 0.25) is 0 Å². The van der Waals surface area contributed by atoms with Crippen LogP contribution in [0.3, 0.4) is 0 Å². The number of urea groups is 1. The first-order valence-electron chi connectivity index (χ1n) is 18.2. The Morgan fingerprint density at radius 2 is 1.62 bits per heavy atom. The van der Waals surface area contributed by atoms with E-state index in [0.717, 1.165) is 53.0 Å². The van der Waals surface area contributed by atoms with Gasteiger partial charge in [-0.25, -0.2) is 4.79 Å². The van der Waals surface area contributed by atoms with E-state index in [0.29, 0.717) is 12.6 Å². The van der Waals surface area contributed by atoms with Gasteiger partial charge in [-0.05, 0) is 80.1 Å². The summed E-state index contributed by atoms with van der Waals surface area (Å²) in [6, 6.07) is 24.5. The molecule has 3 fully saturated rings. The topological polar surface area (TPSA) is 113 Å². The predicted molar refractivity (Wildman–Crippen MR) is 192 cm³/mol. The summed E-state index contributed by atoms with van der Waals surface area (Å²) in [4.78, 5) is 29.2. The van der Waals surface area contributed by atoms with Gasteiger partial charge in [-0.2, -0.15) is 0 Å². The summed E-state index contributed by atoms with van der Waals surface area (Å²) in [6.07, 6.45) is 4.37. The van der Waals surface area contributed by atoms with Crippen LogP contribution in [0.25, 0.3) is 11.1 Å². The number of ether oxygens (including phenoxy) is 3. The van der Waals surface area contributed by atoms with Gasteiger partial charge < -0.3 is 34.9 Å². The molecule has 3 aromatic carbocycles.